The van der Waals surface area contributed by atoms with Gasteiger partial charge in [0, 0.05) is 13.2 Å². The molecule has 0 radical (unpaired) electrons. The second-order valence-electron chi connectivity index (χ2n) is 6.74. The molecule has 2 fully saturated rings. The monoisotopic (exact) mass is 256 g/mol. The fourth-order valence-electron chi connectivity index (χ4n) is 2.09. The van der Waals surface area contributed by atoms with Gasteiger partial charge in [0.1, 0.15) is 5.60 Å². The highest BCUT2D eigenvalue weighted by molar-refractivity contribution is 5.80. The maximum absolute atomic E-state index is 12.0. The third kappa shape index (κ3) is 3.45. The second-order valence-corrected chi connectivity index (χ2v) is 6.74. The van der Waals surface area contributed by atoms with Gasteiger partial charge >= 0.3 is 5.97 Å². The third-order valence-corrected chi connectivity index (χ3v) is 3.70. The molecule has 1 N–H and O–H groups in total. The lowest BCUT2D eigenvalue weighted by Gasteiger charge is -2.23. The molecular weight excluding hydrogens is 232 g/mol. The van der Waals surface area contributed by atoms with E-state index < -0.39 is 5.60 Å². The van der Waals surface area contributed by atoms with E-state index in [4.69, 9.17) is 14.6 Å². The fraction of sp³-hybridized carbons (Fsp3) is 0.929. The molecule has 2 atom stereocenters. The molecule has 0 heterocycles. The number of aliphatic hydroxyl groups excluding tert-OH is 1. The lowest BCUT2D eigenvalue weighted by molar-refractivity contribution is -0.164. The standard InChI is InChI=1S/C14H24O4/c1-13(2,3)18-12(16)14(4-5-14)9-17-8-11-6-10(11)7-15/h10-11,15H,4-9H2,1-3H3/t10-,11+/m1/s1. The van der Waals surface area contributed by atoms with E-state index in [-0.39, 0.29) is 18.0 Å². The highest BCUT2D eigenvalue weighted by atomic mass is 16.6. The van der Waals surface area contributed by atoms with Crippen LogP contribution in [0.1, 0.15) is 40.0 Å². The van der Waals surface area contributed by atoms with Crippen molar-refractivity contribution in [3.63, 3.8) is 0 Å². The Morgan fingerprint density at radius 1 is 1.33 bits per heavy atom. The number of carbonyl (C=O) groups excluding carboxylic acids is 1. The number of rotatable bonds is 6. The summed E-state index contributed by atoms with van der Waals surface area (Å²) >= 11 is 0. The summed E-state index contributed by atoms with van der Waals surface area (Å²) in [7, 11) is 0. The summed E-state index contributed by atoms with van der Waals surface area (Å²) in [5.74, 6) is 0.788. The minimum Gasteiger partial charge on any atom is -0.459 e. The van der Waals surface area contributed by atoms with Crippen LogP contribution in [0.4, 0.5) is 0 Å². The van der Waals surface area contributed by atoms with Crippen LogP contribution in [0.2, 0.25) is 0 Å². The summed E-state index contributed by atoms with van der Waals surface area (Å²) < 4.78 is 11.1. The van der Waals surface area contributed by atoms with Crippen molar-refractivity contribution in [1.29, 1.82) is 0 Å². The minimum absolute atomic E-state index is 0.121. The highest BCUT2D eigenvalue weighted by Gasteiger charge is 2.53. The number of hydrogen-bond acceptors (Lipinski definition) is 4. The van der Waals surface area contributed by atoms with Gasteiger partial charge in [-0.3, -0.25) is 4.79 Å². The van der Waals surface area contributed by atoms with Crippen LogP contribution in [0.15, 0.2) is 0 Å². The molecule has 104 valence electrons. The molecule has 2 aliphatic rings. The number of ether oxygens (including phenoxy) is 2. The molecule has 0 aromatic carbocycles. The fourth-order valence-corrected chi connectivity index (χ4v) is 2.09. The molecule has 4 heteroatoms. The van der Waals surface area contributed by atoms with E-state index in [1.54, 1.807) is 0 Å². The van der Waals surface area contributed by atoms with E-state index in [1.165, 1.54) is 0 Å². The van der Waals surface area contributed by atoms with Crippen LogP contribution in [-0.4, -0.2) is 36.5 Å². The van der Waals surface area contributed by atoms with Crippen molar-refractivity contribution in [2.45, 2.75) is 45.6 Å². The van der Waals surface area contributed by atoms with Gasteiger partial charge in [0.15, 0.2) is 0 Å². The van der Waals surface area contributed by atoms with Crippen molar-refractivity contribution in [3.8, 4) is 0 Å². The molecule has 0 saturated heterocycles. The van der Waals surface area contributed by atoms with Crippen molar-refractivity contribution in [2.24, 2.45) is 17.3 Å². The number of hydrogen-bond donors (Lipinski definition) is 1. The quantitative estimate of drug-likeness (QED) is 0.736. The summed E-state index contributed by atoms with van der Waals surface area (Å²) in [4.78, 5) is 12.0. The Morgan fingerprint density at radius 2 is 2.00 bits per heavy atom. The van der Waals surface area contributed by atoms with Crippen LogP contribution < -0.4 is 0 Å². The smallest absolute Gasteiger partial charge is 0.314 e. The molecule has 0 aromatic rings. The Kier molecular flexibility index (Phi) is 3.70. The van der Waals surface area contributed by atoms with E-state index in [2.05, 4.69) is 0 Å². The molecule has 0 unspecified atom stereocenters. The molecule has 18 heavy (non-hydrogen) atoms. The predicted octanol–water partition coefficient (Wildman–Crippen LogP) is 1.75. The lowest BCUT2D eigenvalue weighted by Crippen LogP contribution is -2.32. The highest BCUT2D eigenvalue weighted by Crippen LogP contribution is 2.48. The Morgan fingerprint density at radius 3 is 2.44 bits per heavy atom. The largest absolute Gasteiger partial charge is 0.459 e. The average molecular weight is 256 g/mol. The van der Waals surface area contributed by atoms with Crippen LogP contribution in [-0.2, 0) is 14.3 Å². The normalized spacial score (nSPS) is 28.9. The van der Waals surface area contributed by atoms with E-state index in [1.807, 2.05) is 20.8 Å². The first-order chi connectivity index (χ1) is 8.36. The molecule has 2 saturated carbocycles. The molecule has 0 spiro atoms. The zero-order chi connectivity index (χ0) is 13.4. The van der Waals surface area contributed by atoms with Crippen molar-refractivity contribution < 1.29 is 19.4 Å². The van der Waals surface area contributed by atoms with Crippen LogP contribution in [0.3, 0.4) is 0 Å². The van der Waals surface area contributed by atoms with Gasteiger partial charge in [-0.25, -0.2) is 0 Å². The zero-order valence-corrected chi connectivity index (χ0v) is 11.6. The molecule has 0 bridgehead atoms. The minimum atomic E-state index is -0.425. The molecule has 0 aliphatic heterocycles. The predicted molar refractivity (Wildman–Crippen MR) is 67.0 cm³/mol. The second kappa shape index (κ2) is 4.82. The Balaban J connectivity index is 1.70. The van der Waals surface area contributed by atoms with Gasteiger partial charge in [-0.15, -0.1) is 0 Å². The maximum Gasteiger partial charge on any atom is 0.314 e. The first-order valence-corrected chi connectivity index (χ1v) is 6.78. The molecule has 0 aromatic heterocycles. The van der Waals surface area contributed by atoms with Gasteiger partial charge in [0.05, 0.1) is 12.0 Å². The van der Waals surface area contributed by atoms with E-state index in [9.17, 15) is 4.79 Å². The van der Waals surface area contributed by atoms with Gasteiger partial charge in [0.25, 0.3) is 0 Å². The van der Waals surface area contributed by atoms with Gasteiger partial charge in [-0.05, 0) is 51.9 Å². The van der Waals surface area contributed by atoms with Gasteiger partial charge in [-0.2, -0.15) is 0 Å². The molecule has 0 amide bonds. The van der Waals surface area contributed by atoms with E-state index in [0.29, 0.717) is 25.0 Å². The van der Waals surface area contributed by atoms with Crippen LogP contribution >= 0.6 is 0 Å². The van der Waals surface area contributed by atoms with Crippen LogP contribution in [0.25, 0.3) is 0 Å². The summed E-state index contributed by atoms with van der Waals surface area (Å²) in [6.07, 6.45) is 2.79. The van der Waals surface area contributed by atoms with Crippen molar-refractivity contribution >= 4 is 5.97 Å². The Bertz CT molecular complexity index is 314. The Labute approximate surface area is 109 Å². The molecule has 2 rings (SSSR count). The summed E-state index contributed by atoms with van der Waals surface area (Å²) in [6.45, 7) is 7.05. The average Bonchev–Trinajstić information content (AvgIpc) is 3.09. The summed E-state index contributed by atoms with van der Waals surface area (Å²) in [5.41, 5.74) is -0.804. The summed E-state index contributed by atoms with van der Waals surface area (Å²) in [5, 5.41) is 8.93. The topological polar surface area (TPSA) is 55.8 Å². The zero-order valence-electron chi connectivity index (χ0n) is 11.6. The first-order valence-electron chi connectivity index (χ1n) is 6.78. The van der Waals surface area contributed by atoms with Gasteiger partial charge in [-0.1, -0.05) is 0 Å². The van der Waals surface area contributed by atoms with Crippen molar-refractivity contribution in [2.75, 3.05) is 19.8 Å². The van der Waals surface area contributed by atoms with Gasteiger partial charge < -0.3 is 14.6 Å². The number of carbonyl (C=O) groups is 1. The number of esters is 1. The van der Waals surface area contributed by atoms with Crippen molar-refractivity contribution in [3.05, 3.63) is 0 Å². The van der Waals surface area contributed by atoms with E-state index in [0.717, 1.165) is 19.3 Å². The van der Waals surface area contributed by atoms with E-state index >= 15 is 0 Å². The molecule has 4 nitrogen and oxygen atoms in total. The first kappa shape index (κ1) is 13.8. The molecule has 2 aliphatic carbocycles. The molecular formula is C14H24O4. The Hall–Kier alpha value is -0.610. The van der Waals surface area contributed by atoms with Crippen LogP contribution in [0.5, 0.6) is 0 Å². The lowest BCUT2D eigenvalue weighted by atomic mass is 10.1. The van der Waals surface area contributed by atoms with Crippen LogP contribution in [0, 0.1) is 17.3 Å². The summed E-state index contributed by atoms with van der Waals surface area (Å²) in [6, 6.07) is 0. The van der Waals surface area contributed by atoms with Crippen molar-refractivity contribution in [1.82, 2.24) is 0 Å². The van der Waals surface area contributed by atoms with Gasteiger partial charge in [0.2, 0.25) is 0 Å². The SMILES string of the molecule is CC(C)(C)OC(=O)C1(COC[C@@H]2C[C@@H]2CO)CC1. The number of aliphatic hydroxyl groups is 1. The maximum atomic E-state index is 12.0. The third-order valence-electron chi connectivity index (χ3n) is 3.70.